The number of nitrogens with one attached hydrogen (secondary N) is 2. The van der Waals surface area contributed by atoms with Gasteiger partial charge in [-0.3, -0.25) is 14.4 Å². The number of amides is 2. The first kappa shape index (κ1) is 34.3. The van der Waals surface area contributed by atoms with Crippen molar-refractivity contribution in [1.82, 2.24) is 10.6 Å². The number of carbonyl (C=O) groups is 5. The van der Waals surface area contributed by atoms with Crippen molar-refractivity contribution in [2.75, 3.05) is 0 Å². The quantitative estimate of drug-likeness (QED) is 0.102. The van der Waals surface area contributed by atoms with Crippen LogP contribution < -0.4 is 16.4 Å². The summed E-state index contributed by atoms with van der Waals surface area (Å²) in [6.45, 7) is 2.20. The topological polar surface area (TPSA) is 196 Å². The number of nitrogens with two attached hydrogens (primary N) is 1. The van der Waals surface area contributed by atoms with Gasteiger partial charge in [0.15, 0.2) is 0 Å². The first-order valence-electron chi connectivity index (χ1n) is 13.6. The van der Waals surface area contributed by atoms with E-state index in [0.717, 1.165) is 19.3 Å². The molecule has 0 aliphatic carbocycles. The maximum absolute atomic E-state index is 12.2. The van der Waals surface area contributed by atoms with E-state index in [-0.39, 0.29) is 44.4 Å². The first-order valence-corrected chi connectivity index (χ1v) is 13.6. The van der Waals surface area contributed by atoms with Crippen molar-refractivity contribution >= 4 is 29.7 Å². The van der Waals surface area contributed by atoms with Crippen LogP contribution in [-0.2, 0) is 24.0 Å². The zero-order valence-corrected chi connectivity index (χ0v) is 22.2. The molecule has 2 amide bonds. The molecule has 0 aliphatic rings. The van der Waals surface area contributed by atoms with Gasteiger partial charge in [0.25, 0.3) is 0 Å². The van der Waals surface area contributed by atoms with E-state index in [9.17, 15) is 34.2 Å². The third-order valence-electron chi connectivity index (χ3n) is 6.26. The van der Waals surface area contributed by atoms with Crippen LogP contribution in [0.25, 0.3) is 0 Å². The van der Waals surface area contributed by atoms with Crippen LogP contribution in [0.4, 0.5) is 0 Å². The molecule has 0 aromatic heterocycles. The van der Waals surface area contributed by atoms with Gasteiger partial charge in [-0.05, 0) is 32.1 Å². The van der Waals surface area contributed by atoms with E-state index < -0.39 is 41.9 Å². The monoisotopic (exact) mass is 529 g/mol. The second-order valence-corrected chi connectivity index (χ2v) is 9.62. The highest BCUT2D eigenvalue weighted by Crippen LogP contribution is 2.12. The van der Waals surface area contributed by atoms with Crippen LogP contribution >= 0.6 is 0 Å². The molecule has 0 heterocycles. The Morgan fingerprint density at radius 2 is 1.00 bits per heavy atom. The molecule has 0 unspecified atom stereocenters. The Morgan fingerprint density at radius 3 is 1.46 bits per heavy atom. The molecule has 0 spiro atoms. The van der Waals surface area contributed by atoms with Gasteiger partial charge in [0, 0.05) is 12.8 Å². The summed E-state index contributed by atoms with van der Waals surface area (Å²) in [7, 11) is 0. The van der Waals surface area contributed by atoms with Crippen LogP contribution in [0, 0.1) is 0 Å². The number of rotatable bonds is 24. The van der Waals surface area contributed by atoms with E-state index >= 15 is 0 Å². The Kier molecular flexibility index (Phi) is 19.8. The van der Waals surface area contributed by atoms with E-state index in [4.69, 9.17) is 10.8 Å². The molecule has 0 radical (unpaired) electrons. The second-order valence-electron chi connectivity index (χ2n) is 9.62. The van der Waals surface area contributed by atoms with E-state index in [1.807, 2.05) is 0 Å². The zero-order valence-electron chi connectivity index (χ0n) is 22.2. The average Bonchev–Trinajstić information content (AvgIpc) is 2.83. The van der Waals surface area contributed by atoms with Gasteiger partial charge >= 0.3 is 17.9 Å². The number of unbranched alkanes of at least 4 members (excludes halogenated alkanes) is 10. The molecule has 0 fully saturated rings. The summed E-state index contributed by atoms with van der Waals surface area (Å²) >= 11 is 0. The maximum atomic E-state index is 12.2. The smallest absolute Gasteiger partial charge is 0.326 e. The van der Waals surface area contributed by atoms with Crippen molar-refractivity contribution in [3.05, 3.63) is 0 Å². The Labute approximate surface area is 219 Å². The molecule has 0 saturated heterocycles. The molecule has 37 heavy (non-hydrogen) atoms. The van der Waals surface area contributed by atoms with Gasteiger partial charge in [-0.1, -0.05) is 71.1 Å². The van der Waals surface area contributed by atoms with Crippen LogP contribution in [0.1, 0.15) is 116 Å². The summed E-state index contributed by atoms with van der Waals surface area (Å²) in [6.07, 6.45) is 12.6. The summed E-state index contributed by atoms with van der Waals surface area (Å²) in [5.74, 6) is -4.80. The Balaban J connectivity index is 4.19. The minimum atomic E-state index is -1.28. The van der Waals surface area contributed by atoms with E-state index in [1.165, 1.54) is 44.9 Å². The van der Waals surface area contributed by atoms with Crippen LogP contribution in [0.15, 0.2) is 0 Å². The van der Waals surface area contributed by atoms with Crippen molar-refractivity contribution in [3.8, 4) is 0 Å². The lowest BCUT2D eigenvalue weighted by Crippen LogP contribution is -2.44. The minimum Gasteiger partial charge on any atom is -0.480 e. The van der Waals surface area contributed by atoms with Crippen LogP contribution in [-0.4, -0.2) is 63.2 Å². The molecular formula is C26H47N3O8. The highest BCUT2D eigenvalue weighted by molar-refractivity contribution is 5.86. The summed E-state index contributed by atoms with van der Waals surface area (Å²) in [5, 5.41) is 32.2. The largest absolute Gasteiger partial charge is 0.480 e. The molecule has 214 valence electrons. The van der Waals surface area contributed by atoms with Crippen molar-refractivity contribution in [2.24, 2.45) is 5.73 Å². The average molecular weight is 530 g/mol. The highest BCUT2D eigenvalue weighted by Gasteiger charge is 2.24. The van der Waals surface area contributed by atoms with Crippen molar-refractivity contribution < 1.29 is 39.3 Å². The lowest BCUT2D eigenvalue weighted by atomic mass is 10.0. The Bertz CT molecular complexity index is 701. The fraction of sp³-hybridized carbons (Fsp3) is 0.808. The van der Waals surface area contributed by atoms with Gasteiger partial charge in [-0.2, -0.15) is 0 Å². The maximum Gasteiger partial charge on any atom is 0.326 e. The predicted molar refractivity (Wildman–Crippen MR) is 139 cm³/mol. The first-order chi connectivity index (χ1) is 17.6. The zero-order chi connectivity index (χ0) is 28.1. The number of hydrogen-bond donors (Lipinski definition) is 6. The van der Waals surface area contributed by atoms with Crippen molar-refractivity contribution in [3.63, 3.8) is 0 Å². The third kappa shape index (κ3) is 19.1. The molecule has 7 N–H and O–H groups in total. The highest BCUT2D eigenvalue weighted by atomic mass is 16.4. The fourth-order valence-electron chi connectivity index (χ4n) is 3.94. The molecule has 0 rings (SSSR count). The number of hydrogen-bond acceptors (Lipinski definition) is 6. The van der Waals surface area contributed by atoms with Gasteiger partial charge in [-0.15, -0.1) is 0 Å². The lowest BCUT2D eigenvalue weighted by Gasteiger charge is -2.17. The van der Waals surface area contributed by atoms with Crippen LogP contribution in [0.2, 0.25) is 0 Å². The summed E-state index contributed by atoms with van der Waals surface area (Å²) in [5.41, 5.74) is 5.38. The van der Waals surface area contributed by atoms with Gasteiger partial charge in [0.1, 0.15) is 18.1 Å². The molecule has 11 nitrogen and oxygen atoms in total. The second kappa shape index (κ2) is 21.4. The third-order valence-corrected chi connectivity index (χ3v) is 6.26. The van der Waals surface area contributed by atoms with Crippen LogP contribution in [0.5, 0.6) is 0 Å². The Morgan fingerprint density at radius 1 is 0.568 bits per heavy atom. The SMILES string of the molecule is CCCCCCCCCCCCCC(=O)N[C@H](CCC(=O)N[C@@H](CCC[C@@H](N)C(=O)O)C(=O)O)C(=O)O. The predicted octanol–water partition coefficient (Wildman–Crippen LogP) is 3.19. The summed E-state index contributed by atoms with van der Waals surface area (Å²) in [6, 6.07) is -3.61. The normalized spacial score (nSPS) is 13.4. The summed E-state index contributed by atoms with van der Waals surface area (Å²) < 4.78 is 0. The van der Waals surface area contributed by atoms with E-state index in [0.29, 0.717) is 6.42 Å². The number of carboxylic acid groups (broad SMARTS) is 3. The molecular weight excluding hydrogens is 482 g/mol. The summed E-state index contributed by atoms with van der Waals surface area (Å²) in [4.78, 5) is 57.9. The number of carboxylic acids is 3. The number of aliphatic carboxylic acids is 3. The van der Waals surface area contributed by atoms with Crippen molar-refractivity contribution in [2.45, 2.75) is 134 Å². The standard InChI is InChI=1S/C26H47N3O8/c1-2-3-4-5-6-7-8-9-10-11-12-16-22(30)29-21(26(36)37)17-18-23(31)28-20(25(34)35)15-13-14-19(27)24(32)33/h19-21H,2-18,27H2,1H3,(H,28,31)(H,29,30)(H,32,33)(H,34,35)(H,36,37)/t19-,20+,21-/m1/s1. The van der Waals surface area contributed by atoms with Crippen molar-refractivity contribution in [1.29, 1.82) is 0 Å². The van der Waals surface area contributed by atoms with Gasteiger partial charge in [0.05, 0.1) is 0 Å². The van der Waals surface area contributed by atoms with Gasteiger partial charge in [0.2, 0.25) is 11.8 Å². The minimum absolute atomic E-state index is 0.0138. The lowest BCUT2D eigenvalue weighted by molar-refractivity contribution is -0.143. The molecule has 3 atom stereocenters. The van der Waals surface area contributed by atoms with E-state index in [1.54, 1.807) is 0 Å². The molecule has 0 aromatic rings. The fourth-order valence-corrected chi connectivity index (χ4v) is 3.94. The van der Waals surface area contributed by atoms with Gasteiger partial charge < -0.3 is 31.7 Å². The Hall–Kier alpha value is -2.69. The molecule has 0 saturated carbocycles. The van der Waals surface area contributed by atoms with Crippen LogP contribution in [0.3, 0.4) is 0 Å². The molecule has 0 bridgehead atoms. The van der Waals surface area contributed by atoms with Gasteiger partial charge in [-0.25, -0.2) is 9.59 Å². The molecule has 0 aromatic carbocycles. The number of carbonyl (C=O) groups excluding carboxylic acids is 2. The molecule has 0 aliphatic heterocycles. The molecule has 11 heteroatoms. The van der Waals surface area contributed by atoms with E-state index in [2.05, 4.69) is 17.6 Å².